The van der Waals surface area contributed by atoms with Crippen molar-refractivity contribution in [2.45, 2.75) is 52.5 Å². The SMILES string of the molecule is CCCC1(C(=O)NC(C)C(=O)OCC)CCNCC1. The highest BCUT2D eigenvalue weighted by molar-refractivity contribution is 5.87. The minimum Gasteiger partial charge on any atom is -0.464 e. The van der Waals surface area contributed by atoms with Crippen molar-refractivity contribution in [3.05, 3.63) is 0 Å². The third-order valence-electron chi connectivity index (χ3n) is 3.76. The van der Waals surface area contributed by atoms with E-state index in [1.165, 1.54) is 0 Å². The van der Waals surface area contributed by atoms with Crippen molar-refractivity contribution < 1.29 is 14.3 Å². The van der Waals surface area contributed by atoms with Gasteiger partial charge in [-0.3, -0.25) is 4.79 Å². The van der Waals surface area contributed by atoms with Crippen LogP contribution in [0, 0.1) is 5.41 Å². The van der Waals surface area contributed by atoms with Gasteiger partial charge in [-0.1, -0.05) is 13.3 Å². The van der Waals surface area contributed by atoms with Crippen molar-refractivity contribution >= 4 is 11.9 Å². The van der Waals surface area contributed by atoms with E-state index in [0.29, 0.717) is 6.61 Å². The number of carbonyl (C=O) groups is 2. The van der Waals surface area contributed by atoms with Gasteiger partial charge in [0, 0.05) is 0 Å². The van der Waals surface area contributed by atoms with Crippen molar-refractivity contribution in [2.24, 2.45) is 5.41 Å². The molecule has 0 radical (unpaired) electrons. The van der Waals surface area contributed by atoms with Crippen molar-refractivity contribution in [3.63, 3.8) is 0 Å². The predicted octanol–water partition coefficient (Wildman–Crippen LogP) is 1.22. The van der Waals surface area contributed by atoms with Gasteiger partial charge in [-0.2, -0.15) is 0 Å². The van der Waals surface area contributed by atoms with Crippen LogP contribution in [-0.2, 0) is 14.3 Å². The van der Waals surface area contributed by atoms with Gasteiger partial charge >= 0.3 is 5.97 Å². The summed E-state index contributed by atoms with van der Waals surface area (Å²) in [6.07, 6.45) is 3.52. The van der Waals surface area contributed by atoms with Gasteiger partial charge in [-0.25, -0.2) is 4.79 Å². The Kier molecular flexibility index (Phi) is 6.28. The maximum absolute atomic E-state index is 12.5. The first-order valence-electron chi connectivity index (χ1n) is 7.24. The van der Waals surface area contributed by atoms with E-state index in [1.807, 2.05) is 0 Å². The van der Waals surface area contributed by atoms with Crippen molar-refractivity contribution in [3.8, 4) is 0 Å². The molecular formula is C14H26N2O3. The maximum Gasteiger partial charge on any atom is 0.328 e. The molecular weight excluding hydrogens is 244 g/mol. The zero-order valence-corrected chi connectivity index (χ0v) is 12.3. The summed E-state index contributed by atoms with van der Waals surface area (Å²) < 4.78 is 4.92. The molecule has 5 nitrogen and oxygen atoms in total. The second kappa shape index (κ2) is 7.48. The largest absolute Gasteiger partial charge is 0.464 e. The minimum atomic E-state index is -0.573. The number of carbonyl (C=O) groups excluding carboxylic acids is 2. The van der Waals surface area contributed by atoms with Crippen LogP contribution in [0.2, 0.25) is 0 Å². The van der Waals surface area contributed by atoms with Crippen LogP contribution >= 0.6 is 0 Å². The molecule has 1 amide bonds. The van der Waals surface area contributed by atoms with Crippen LogP contribution in [0.4, 0.5) is 0 Å². The van der Waals surface area contributed by atoms with Gasteiger partial charge in [0.1, 0.15) is 6.04 Å². The molecule has 0 bridgehead atoms. The highest BCUT2D eigenvalue weighted by atomic mass is 16.5. The van der Waals surface area contributed by atoms with E-state index in [9.17, 15) is 9.59 Å². The highest BCUT2D eigenvalue weighted by Gasteiger charge is 2.39. The molecule has 1 rings (SSSR count). The molecule has 1 aliphatic heterocycles. The molecule has 110 valence electrons. The topological polar surface area (TPSA) is 67.4 Å². The number of hydrogen-bond donors (Lipinski definition) is 2. The monoisotopic (exact) mass is 270 g/mol. The molecule has 0 spiro atoms. The lowest BCUT2D eigenvalue weighted by molar-refractivity contribution is -0.148. The number of rotatable bonds is 6. The van der Waals surface area contributed by atoms with Gasteiger partial charge in [-0.05, 0) is 46.2 Å². The second-order valence-electron chi connectivity index (χ2n) is 5.23. The summed E-state index contributed by atoms with van der Waals surface area (Å²) in [5.74, 6) is -0.368. The summed E-state index contributed by atoms with van der Waals surface area (Å²) in [6, 6.07) is -0.573. The zero-order chi connectivity index (χ0) is 14.3. The number of ether oxygens (including phenoxy) is 1. The van der Waals surface area contributed by atoms with Gasteiger partial charge in [0.2, 0.25) is 5.91 Å². The fourth-order valence-corrected chi connectivity index (χ4v) is 2.65. The average Bonchev–Trinajstić information content (AvgIpc) is 2.40. The van der Waals surface area contributed by atoms with Gasteiger partial charge in [0.05, 0.1) is 12.0 Å². The first-order chi connectivity index (χ1) is 9.05. The molecule has 0 aromatic heterocycles. The molecule has 1 aliphatic rings. The predicted molar refractivity (Wildman–Crippen MR) is 73.7 cm³/mol. The Hall–Kier alpha value is -1.10. The molecule has 0 aliphatic carbocycles. The Balaban J connectivity index is 2.64. The summed E-state index contributed by atoms with van der Waals surface area (Å²) in [6.45, 7) is 7.59. The number of nitrogens with one attached hydrogen (secondary N) is 2. The lowest BCUT2D eigenvalue weighted by Crippen LogP contribution is -2.51. The van der Waals surface area contributed by atoms with E-state index in [-0.39, 0.29) is 17.3 Å². The second-order valence-corrected chi connectivity index (χ2v) is 5.23. The summed E-state index contributed by atoms with van der Waals surface area (Å²) in [5.41, 5.74) is -0.319. The lowest BCUT2D eigenvalue weighted by Gasteiger charge is -2.36. The van der Waals surface area contributed by atoms with E-state index in [2.05, 4.69) is 17.6 Å². The maximum atomic E-state index is 12.5. The molecule has 0 aromatic rings. The van der Waals surface area contributed by atoms with E-state index in [1.54, 1.807) is 13.8 Å². The Morgan fingerprint density at radius 2 is 1.95 bits per heavy atom. The molecule has 1 fully saturated rings. The van der Waals surface area contributed by atoms with Crippen molar-refractivity contribution in [1.29, 1.82) is 0 Å². The molecule has 0 aromatic carbocycles. The zero-order valence-electron chi connectivity index (χ0n) is 12.3. The Morgan fingerprint density at radius 3 is 2.47 bits per heavy atom. The first-order valence-corrected chi connectivity index (χ1v) is 7.24. The third-order valence-corrected chi connectivity index (χ3v) is 3.76. The van der Waals surface area contributed by atoms with Gasteiger partial charge < -0.3 is 15.4 Å². The van der Waals surface area contributed by atoms with Crippen LogP contribution in [0.3, 0.4) is 0 Å². The molecule has 2 N–H and O–H groups in total. The lowest BCUT2D eigenvalue weighted by atomic mass is 9.74. The molecule has 1 unspecified atom stereocenters. The third kappa shape index (κ3) is 4.20. The molecule has 1 atom stereocenters. The highest BCUT2D eigenvalue weighted by Crippen LogP contribution is 2.34. The molecule has 1 saturated heterocycles. The molecule has 5 heteroatoms. The van der Waals surface area contributed by atoms with Crippen LogP contribution in [0.15, 0.2) is 0 Å². The van der Waals surface area contributed by atoms with E-state index in [0.717, 1.165) is 38.8 Å². The Bertz CT molecular complexity index is 306. The van der Waals surface area contributed by atoms with Crippen molar-refractivity contribution in [2.75, 3.05) is 19.7 Å². The van der Waals surface area contributed by atoms with Crippen molar-refractivity contribution in [1.82, 2.24) is 10.6 Å². The van der Waals surface area contributed by atoms with Gasteiger partial charge in [0.25, 0.3) is 0 Å². The van der Waals surface area contributed by atoms with E-state index >= 15 is 0 Å². The fraction of sp³-hybridized carbons (Fsp3) is 0.857. The summed E-state index contributed by atoms with van der Waals surface area (Å²) in [7, 11) is 0. The Labute approximate surface area is 115 Å². The average molecular weight is 270 g/mol. The number of hydrogen-bond acceptors (Lipinski definition) is 4. The molecule has 0 saturated carbocycles. The standard InChI is InChI=1S/C14H26N2O3/c1-4-6-14(7-9-15-10-8-14)13(18)16-11(3)12(17)19-5-2/h11,15H,4-10H2,1-3H3,(H,16,18). The number of piperidine rings is 1. The molecule has 19 heavy (non-hydrogen) atoms. The Morgan fingerprint density at radius 1 is 1.32 bits per heavy atom. The fourth-order valence-electron chi connectivity index (χ4n) is 2.65. The van der Waals surface area contributed by atoms with Crippen LogP contribution in [0.25, 0.3) is 0 Å². The minimum absolute atomic E-state index is 0.00333. The number of amides is 1. The molecule has 1 heterocycles. The van der Waals surface area contributed by atoms with E-state index < -0.39 is 6.04 Å². The number of esters is 1. The smallest absolute Gasteiger partial charge is 0.328 e. The quantitative estimate of drug-likeness (QED) is 0.712. The van der Waals surface area contributed by atoms with Crippen LogP contribution < -0.4 is 10.6 Å². The van der Waals surface area contributed by atoms with Crippen LogP contribution in [0.5, 0.6) is 0 Å². The first kappa shape index (κ1) is 16.0. The summed E-state index contributed by atoms with van der Waals surface area (Å²) >= 11 is 0. The van der Waals surface area contributed by atoms with Gasteiger partial charge in [-0.15, -0.1) is 0 Å². The summed E-state index contributed by atoms with van der Waals surface area (Å²) in [4.78, 5) is 24.1. The van der Waals surface area contributed by atoms with Crippen LogP contribution in [0.1, 0.15) is 46.5 Å². The van der Waals surface area contributed by atoms with Crippen LogP contribution in [-0.4, -0.2) is 37.6 Å². The normalized spacial score (nSPS) is 19.5. The van der Waals surface area contributed by atoms with Gasteiger partial charge in [0.15, 0.2) is 0 Å². The van der Waals surface area contributed by atoms with E-state index in [4.69, 9.17) is 4.74 Å². The summed E-state index contributed by atoms with van der Waals surface area (Å²) in [5, 5.41) is 6.10.